The fourth-order valence-electron chi connectivity index (χ4n) is 1.63. The van der Waals surface area contributed by atoms with Gasteiger partial charge in [-0.3, -0.25) is 10.2 Å². The van der Waals surface area contributed by atoms with E-state index in [4.69, 9.17) is 10.00 Å². The molecule has 1 aromatic heterocycles. The second-order valence-corrected chi connectivity index (χ2v) is 4.40. The average Bonchev–Trinajstić information content (AvgIpc) is 3.04. The number of aromatic nitrogens is 3. The Morgan fingerprint density at radius 3 is 2.64 bits per heavy atom. The Morgan fingerprint density at radius 1 is 1.36 bits per heavy atom. The highest BCUT2D eigenvalue weighted by Crippen LogP contribution is 2.15. The highest BCUT2D eigenvalue weighted by atomic mass is 16.5. The molecule has 1 heterocycles. The van der Waals surface area contributed by atoms with Crippen molar-refractivity contribution < 1.29 is 9.53 Å². The third-order valence-electron chi connectivity index (χ3n) is 2.68. The summed E-state index contributed by atoms with van der Waals surface area (Å²) in [5.74, 6) is 0.222. The first-order valence-corrected chi connectivity index (χ1v) is 6.73. The SMILES string of the molecule is CCCOc1ccc(/C=C(\C#N)C(=O)Nn2cnnc2)cc1. The van der Waals surface area contributed by atoms with Crippen molar-refractivity contribution in [3.8, 4) is 11.8 Å². The summed E-state index contributed by atoms with van der Waals surface area (Å²) in [4.78, 5) is 12.0. The van der Waals surface area contributed by atoms with Gasteiger partial charge in [0, 0.05) is 0 Å². The predicted molar refractivity (Wildman–Crippen MR) is 80.2 cm³/mol. The summed E-state index contributed by atoms with van der Waals surface area (Å²) in [5, 5.41) is 16.2. The van der Waals surface area contributed by atoms with E-state index in [9.17, 15) is 4.79 Å². The molecule has 2 rings (SSSR count). The summed E-state index contributed by atoms with van der Waals surface area (Å²) in [7, 11) is 0. The van der Waals surface area contributed by atoms with Crippen molar-refractivity contribution in [2.24, 2.45) is 0 Å². The van der Waals surface area contributed by atoms with Crippen LogP contribution in [0, 0.1) is 11.3 Å². The maximum absolute atomic E-state index is 12.0. The number of nitriles is 1. The molecule has 7 heteroatoms. The minimum absolute atomic E-state index is 0.0177. The molecular weight excluding hydrogens is 282 g/mol. The van der Waals surface area contributed by atoms with Gasteiger partial charge in [0.1, 0.15) is 30.0 Å². The van der Waals surface area contributed by atoms with E-state index in [1.54, 1.807) is 24.3 Å². The van der Waals surface area contributed by atoms with Crippen molar-refractivity contribution in [2.45, 2.75) is 13.3 Å². The van der Waals surface area contributed by atoms with Gasteiger partial charge in [0.25, 0.3) is 5.91 Å². The third kappa shape index (κ3) is 4.18. The van der Waals surface area contributed by atoms with Gasteiger partial charge in [-0.15, -0.1) is 10.2 Å². The summed E-state index contributed by atoms with van der Waals surface area (Å²) in [6.07, 6.45) is 5.09. The van der Waals surface area contributed by atoms with Crippen LogP contribution in [0.3, 0.4) is 0 Å². The Bertz CT molecular complexity index is 684. The van der Waals surface area contributed by atoms with Crippen LogP contribution in [0.2, 0.25) is 0 Å². The molecule has 0 fully saturated rings. The van der Waals surface area contributed by atoms with E-state index in [0.29, 0.717) is 6.61 Å². The molecule has 0 aliphatic heterocycles. The lowest BCUT2D eigenvalue weighted by molar-refractivity contribution is -0.113. The molecule has 0 radical (unpaired) electrons. The van der Waals surface area contributed by atoms with Gasteiger partial charge in [-0.05, 0) is 30.2 Å². The molecular formula is C15H15N5O2. The maximum atomic E-state index is 12.0. The number of carbonyl (C=O) groups excluding carboxylic acids is 1. The van der Waals surface area contributed by atoms with Gasteiger partial charge in [-0.1, -0.05) is 19.1 Å². The molecule has 0 bridgehead atoms. The second-order valence-electron chi connectivity index (χ2n) is 4.40. The molecule has 112 valence electrons. The van der Waals surface area contributed by atoms with Crippen LogP contribution in [-0.4, -0.2) is 27.4 Å². The Balaban J connectivity index is 2.08. The lowest BCUT2D eigenvalue weighted by Gasteiger charge is -2.05. The van der Waals surface area contributed by atoms with Crippen LogP contribution < -0.4 is 10.2 Å². The zero-order valence-corrected chi connectivity index (χ0v) is 12.1. The van der Waals surface area contributed by atoms with Crippen LogP contribution in [0.1, 0.15) is 18.9 Å². The van der Waals surface area contributed by atoms with Crippen LogP contribution in [0.4, 0.5) is 0 Å². The normalized spacial score (nSPS) is 10.8. The van der Waals surface area contributed by atoms with Gasteiger partial charge >= 0.3 is 0 Å². The van der Waals surface area contributed by atoms with E-state index in [1.165, 1.54) is 23.4 Å². The standard InChI is InChI=1S/C15H15N5O2/c1-2-7-22-14-5-3-12(4-6-14)8-13(9-16)15(21)19-20-10-17-18-11-20/h3-6,8,10-11H,2,7H2,1H3,(H,19,21)/b13-8+. The van der Waals surface area contributed by atoms with Crippen LogP contribution >= 0.6 is 0 Å². The largest absolute Gasteiger partial charge is 0.494 e. The van der Waals surface area contributed by atoms with Crippen LogP contribution in [0.5, 0.6) is 5.75 Å². The van der Waals surface area contributed by atoms with E-state index in [0.717, 1.165) is 17.7 Å². The summed E-state index contributed by atoms with van der Waals surface area (Å²) in [6, 6.07) is 9.05. The first-order chi connectivity index (χ1) is 10.7. The lowest BCUT2D eigenvalue weighted by atomic mass is 10.1. The summed E-state index contributed by atoms with van der Waals surface area (Å²) in [6.45, 7) is 2.69. The highest BCUT2D eigenvalue weighted by Gasteiger charge is 2.09. The van der Waals surface area contributed by atoms with Crippen molar-refractivity contribution in [2.75, 3.05) is 12.0 Å². The van der Waals surface area contributed by atoms with Crippen LogP contribution in [0.15, 0.2) is 42.5 Å². The molecule has 1 aromatic carbocycles. The summed E-state index contributed by atoms with van der Waals surface area (Å²) >= 11 is 0. The minimum atomic E-state index is -0.534. The van der Waals surface area contributed by atoms with Gasteiger partial charge < -0.3 is 4.74 Å². The van der Waals surface area contributed by atoms with Crippen molar-refractivity contribution in [1.29, 1.82) is 5.26 Å². The summed E-state index contributed by atoms with van der Waals surface area (Å²) < 4.78 is 6.75. The van der Waals surface area contributed by atoms with Crippen LogP contribution in [0.25, 0.3) is 6.08 Å². The van der Waals surface area contributed by atoms with E-state index in [1.807, 2.05) is 13.0 Å². The van der Waals surface area contributed by atoms with E-state index >= 15 is 0 Å². The second kappa shape index (κ2) is 7.59. The number of amides is 1. The van der Waals surface area contributed by atoms with Crippen LogP contribution in [-0.2, 0) is 4.79 Å². The fourth-order valence-corrected chi connectivity index (χ4v) is 1.63. The molecule has 0 saturated carbocycles. The number of hydrogen-bond donors (Lipinski definition) is 1. The Morgan fingerprint density at radius 2 is 2.05 bits per heavy atom. The average molecular weight is 297 g/mol. The first-order valence-electron chi connectivity index (χ1n) is 6.73. The van der Waals surface area contributed by atoms with Gasteiger partial charge in [0.05, 0.1) is 6.61 Å². The number of ether oxygens (including phenoxy) is 1. The van der Waals surface area contributed by atoms with Gasteiger partial charge in [-0.2, -0.15) is 5.26 Å². The Labute approximate surface area is 127 Å². The monoisotopic (exact) mass is 297 g/mol. The van der Waals surface area contributed by atoms with Crippen molar-refractivity contribution >= 4 is 12.0 Å². The number of nitrogens with zero attached hydrogens (tertiary/aromatic N) is 4. The topological polar surface area (TPSA) is 92.8 Å². The molecule has 1 amide bonds. The van der Waals surface area contributed by atoms with Gasteiger partial charge in [0.2, 0.25) is 0 Å². The van der Waals surface area contributed by atoms with E-state index in [2.05, 4.69) is 15.6 Å². The molecule has 0 aliphatic carbocycles. The molecule has 0 atom stereocenters. The highest BCUT2D eigenvalue weighted by molar-refractivity contribution is 6.06. The molecule has 1 N–H and O–H groups in total. The molecule has 22 heavy (non-hydrogen) atoms. The minimum Gasteiger partial charge on any atom is -0.494 e. The molecule has 0 aliphatic rings. The van der Waals surface area contributed by atoms with E-state index in [-0.39, 0.29) is 5.57 Å². The number of carbonyl (C=O) groups is 1. The Hall–Kier alpha value is -3.14. The molecule has 0 spiro atoms. The number of nitrogens with one attached hydrogen (secondary N) is 1. The smallest absolute Gasteiger partial charge is 0.280 e. The number of benzene rings is 1. The zero-order valence-electron chi connectivity index (χ0n) is 12.1. The van der Waals surface area contributed by atoms with Gasteiger partial charge in [-0.25, -0.2) is 4.68 Å². The van der Waals surface area contributed by atoms with Crippen molar-refractivity contribution in [3.63, 3.8) is 0 Å². The molecule has 0 saturated heterocycles. The van der Waals surface area contributed by atoms with E-state index < -0.39 is 5.91 Å². The zero-order chi connectivity index (χ0) is 15.8. The molecule has 2 aromatic rings. The lowest BCUT2D eigenvalue weighted by Crippen LogP contribution is -2.22. The predicted octanol–water partition coefficient (Wildman–Crippen LogP) is 1.74. The third-order valence-corrected chi connectivity index (χ3v) is 2.68. The molecule has 0 unspecified atom stereocenters. The van der Waals surface area contributed by atoms with Gasteiger partial charge in [0.15, 0.2) is 0 Å². The molecule has 7 nitrogen and oxygen atoms in total. The summed E-state index contributed by atoms with van der Waals surface area (Å²) in [5.41, 5.74) is 3.19. The first kappa shape index (κ1) is 15.3. The Kier molecular flexibility index (Phi) is 5.26. The fraction of sp³-hybridized carbons (Fsp3) is 0.200. The van der Waals surface area contributed by atoms with Crippen molar-refractivity contribution in [3.05, 3.63) is 48.1 Å². The maximum Gasteiger partial charge on any atom is 0.280 e. The number of hydrogen-bond acceptors (Lipinski definition) is 5. The quantitative estimate of drug-likeness (QED) is 0.647. The van der Waals surface area contributed by atoms with Crippen molar-refractivity contribution in [1.82, 2.24) is 14.9 Å². The number of rotatable bonds is 6.